The van der Waals surface area contributed by atoms with Gasteiger partial charge in [0.2, 0.25) is 10.0 Å². The largest absolute Gasteiger partial charge is 0.489 e. The molecule has 2 bridgehead atoms. The Morgan fingerprint density at radius 2 is 1.93 bits per heavy atom. The molecule has 0 unspecified atom stereocenters. The van der Waals surface area contributed by atoms with Gasteiger partial charge in [-0.2, -0.15) is 0 Å². The van der Waals surface area contributed by atoms with E-state index in [2.05, 4.69) is 55.4 Å². The van der Waals surface area contributed by atoms with Crippen LogP contribution < -0.4 is 19.7 Å². The van der Waals surface area contributed by atoms with Gasteiger partial charge in [0.15, 0.2) is 17.4 Å². The van der Waals surface area contributed by atoms with Crippen LogP contribution in [-0.4, -0.2) is 105 Å². The van der Waals surface area contributed by atoms with E-state index in [1.807, 2.05) is 19.1 Å². The summed E-state index contributed by atoms with van der Waals surface area (Å²) < 4.78 is 42.2. The van der Waals surface area contributed by atoms with Gasteiger partial charge in [-0.05, 0) is 122 Å². The van der Waals surface area contributed by atoms with Gasteiger partial charge in [-0.1, -0.05) is 66.6 Å². The SMILES string of the molecule is C1CCN2CCNC[C@H]2C1.CCI.COCC[C@@H]1[C@@H](C)C/C=C/C(=O)[C@@H]2CC[C@H]2CN2C[C@@]3(CCCc4cc(Cl)ccc43)COc3ccc(nc32)C(=O)NS1(=O)=O. The molecule has 6 atom stereocenters. The van der Waals surface area contributed by atoms with Gasteiger partial charge in [-0.3, -0.25) is 14.5 Å². The van der Waals surface area contributed by atoms with E-state index in [1.54, 1.807) is 18.2 Å². The molecule has 2 saturated heterocycles. The third-order valence-corrected chi connectivity index (χ3v) is 14.9. The van der Waals surface area contributed by atoms with Crippen LogP contribution >= 0.6 is 34.2 Å². The number of hydrogen-bond acceptors (Lipinski definition) is 10. The standard InChI is InChI=1S/C33H40ClN3O6S.C8H16N2.C2H5I/c1-21-5-3-7-28(38)25-10-8-23(25)18-37-19-33(15-4-6-22-17-24(34)9-11-26(22)33)20-43-29-13-12-27(35-31(29)37)32(39)36-44(40,41)30(21)14-16-42-2;1-2-5-10-6-4-9-7-8(10)3-1;1-2-3/h3,7,9,11-13,17,21,23,25,30H,4-6,8,10,14-16,18-20H2,1-2H3,(H,36,39);8-9H,1-7H2;2H2,1H3/b7-3+;;/t21-,23-,25+,30+,33-;8-;/m01./s1. The van der Waals surface area contributed by atoms with Crippen LogP contribution in [0.15, 0.2) is 42.5 Å². The fourth-order valence-electron chi connectivity index (χ4n) is 9.54. The summed E-state index contributed by atoms with van der Waals surface area (Å²) in [4.78, 5) is 36.4. The number of halogens is 2. The van der Waals surface area contributed by atoms with Gasteiger partial charge < -0.3 is 19.7 Å². The predicted octanol–water partition coefficient (Wildman–Crippen LogP) is 6.75. The van der Waals surface area contributed by atoms with Gasteiger partial charge in [-0.15, -0.1) is 0 Å². The highest BCUT2D eigenvalue weighted by Gasteiger charge is 2.45. The summed E-state index contributed by atoms with van der Waals surface area (Å²) in [6, 6.07) is 10.2. The van der Waals surface area contributed by atoms with Crippen molar-refractivity contribution in [2.45, 2.75) is 94.8 Å². The number of methoxy groups -OCH3 is 1. The van der Waals surface area contributed by atoms with E-state index >= 15 is 0 Å². The number of aromatic nitrogens is 1. The molecule has 2 aliphatic carbocycles. The molecule has 1 aromatic carbocycles. The monoisotopic (exact) mass is 937 g/mol. The first-order chi connectivity index (χ1) is 27.5. The first-order valence-electron chi connectivity index (χ1n) is 20.9. The molecule has 314 valence electrons. The molecule has 1 saturated carbocycles. The van der Waals surface area contributed by atoms with Gasteiger partial charge in [-0.25, -0.2) is 18.1 Å². The number of allylic oxidation sites excluding steroid dienone is 2. The van der Waals surface area contributed by atoms with Crippen molar-refractivity contribution in [2.75, 3.05) is 68.9 Å². The lowest BCUT2D eigenvalue weighted by atomic mass is 9.69. The molecule has 0 radical (unpaired) electrons. The third kappa shape index (κ3) is 10.7. The van der Waals surface area contributed by atoms with Crippen molar-refractivity contribution in [2.24, 2.45) is 17.8 Å². The Kier molecular flexibility index (Phi) is 15.8. The number of anilines is 1. The normalized spacial score (nSPS) is 30.2. The lowest BCUT2D eigenvalue weighted by Gasteiger charge is -2.43. The number of piperidine rings is 1. The van der Waals surface area contributed by atoms with Crippen LogP contribution in [-0.2, 0) is 31.4 Å². The lowest BCUT2D eigenvalue weighted by molar-refractivity contribution is -0.122. The predicted molar refractivity (Wildman–Crippen MR) is 235 cm³/mol. The van der Waals surface area contributed by atoms with Crippen molar-refractivity contribution < 1.29 is 27.5 Å². The summed E-state index contributed by atoms with van der Waals surface area (Å²) in [5.41, 5.74) is 2.08. The number of ether oxygens (including phenoxy) is 2. The maximum absolute atomic E-state index is 13.5. The van der Waals surface area contributed by atoms with Crippen LogP contribution in [0, 0.1) is 17.8 Å². The molecule has 1 amide bonds. The zero-order valence-electron chi connectivity index (χ0n) is 33.8. The number of nitrogens with one attached hydrogen (secondary N) is 2. The van der Waals surface area contributed by atoms with Crippen molar-refractivity contribution >= 4 is 61.7 Å². The molecule has 1 aromatic heterocycles. The van der Waals surface area contributed by atoms with Crippen molar-refractivity contribution in [3.63, 3.8) is 0 Å². The molecule has 2 aromatic rings. The quantitative estimate of drug-likeness (QED) is 0.252. The summed E-state index contributed by atoms with van der Waals surface area (Å²) in [5, 5.41) is 3.26. The highest BCUT2D eigenvalue weighted by atomic mass is 127. The van der Waals surface area contributed by atoms with Crippen LogP contribution in [0.1, 0.15) is 93.3 Å². The molecule has 1 spiro atoms. The fraction of sp³-hybridized carbons (Fsp3) is 0.651. The Bertz CT molecular complexity index is 1820. The number of ketones is 1. The number of alkyl halides is 1. The van der Waals surface area contributed by atoms with Crippen molar-refractivity contribution in [1.82, 2.24) is 19.9 Å². The number of carbonyl (C=O) groups excluding carboxylic acids is 2. The fourth-order valence-corrected chi connectivity index (χ4v) is 11.4. The van der Waals surface area contributed by atoms with Crippen molar-refractivity contribution in [3.8, 4) is 5.75 Å². The topological polar surface area (TPSA) is 130 Å². The van der Waals surface area contributed by atoms with Crippen LogP contribution in [0.2, 0.25) is 5.02 Å². The van der Waals surface area contributed by atoms with Crippen molar-refractivity contribution in [1.29, 1.82) is 0 Å². The van der Waals surface area contributed by atoms with Crippen LogP contribution in [0.4, 0.5) is 5.82 Å². The molecule has 2 N–H and O–H groups in total. The van der Waals surface area contributed by atoms with Gasteiger partial charge in [0, 0.05) is 68.8 Å². The van der Waals surface area contributed by atoms with E-state index in [1.165, 1.54) is 74.2 Å². The first kappa shape index (κ1) is 44.3. The van der Waals surface area contributed by atoms with Crippen molar-refractivity contribution in [3.05, 3.63) is 64.3 Å². The molecule has 11 nitrogen and oxygen atoms in total. The summed E-state index contributed by atoms with van der Waals surface area (Å²) in [6.07, 6.45) is 12.9. The Balaban J connectivity index is 0.000000358. The molecule has 4 aliphatic heterocycles. The third-order valence-electron chi connectivity index (χ3n) is 12.7. The second kappa shape index (κ2) is 20.3. The number of benzene rings is 1. The highest BCUT2D eigenvalue weighted by molar-refractivity contribution is 14.1. The number of sulfonamides is 1. The van der Waals surface area contributed by atoms with E-state index in [0.29, 0.717) is 42.7 Å². The van der Waals surface area contributed by atoms with Crippen LogP contribution in [0.3, 0.4) is 0 Å². The lowest BCUT2D eigenvalue weighted by Crippen LogP contribution is -2.53. The molecular weight excluding hydrogens is 877 g/mol. The maximum Gasteiger partial charge on any atom is 0.283 e. The Hall–Kier alpha value is -2.30. The van der Waals surface area contributed by atoms with Crippen LogP contribution in [0.25, 0.3) is 0 Å². The number of rotatable bonds is 3. The summed E-state index contributed by atoms with van der Waals surface area (Å²) >= 11 is 8.67. The minimum absolute atomic E-state index is 0.000860. The minimum atomic E-state index is -4.09. The first-order valence-corrected chi connectivity index (χ1v) is 24.4. The van der Waals surface area contributed by atoms with E-state index in [9.17, 15) is 18.0 Å². The number of piperazine rings is 1. The highest BCUT2D eigenvalue weighted by Crippen LogP contribution is 2.45. The molecule has 8 rings (SSSR count). The van der Waals surface area contributed by atoms with Gasteiger partial charge in [0.25, 0.3) is 5.91 Å². The zero-order chi connectivity index (χ0) is 40.6. The van der Waals surface area contributed by atoms with Crippen LogP contribution in [0.5, 0.6) is 5.75 Å². The number of fused-ring (bicyclic) bond motifs is 5. The van der Waals surface area contributed by atoms with E-state index in [4.69, 9.17) is 26.1 Å². The molecule has 57 heavy (non-hydrogen) atoms. The minimum Gasteiger partial charge on any atom is -0.489 e. The summed E-state index contributed by atoms with van der Waals surface area (Å²) in [7, 11) is -2.58. The number of aryl methyl sites for hydroxylation is 1. The average molecular weight is 938 g/mol. The number of amides is 1. The summed E-state index contributed by atoms with van der Waals surface area (Å²) in [6.45, 7) is 10.8. The van der Waals surface area contributed by atoms with E-state index in [-0.39, 0.29) is 47.7 Å². The number of carbonyl (C=O) groups is 2. The number of hydrogen-bond donors (Lipinski definition) is 2. The Morgan fingerprint density at radius 3 is 2.68 bits per heavy atom. The second-order valence-electron chi connectivity index (χ2n) is 16.5. The van der Waals surface area contributed by atoms with E-state index in [0.717, 1.165) is 38.1 Å². The van der Waals surface area contributed by atoms with Gasteiger partial charge >= 0.3 is 0 Å². The van der Waals surface area contributed by atoms with E-state index < -0.39 is 21.2 Å². The maximum atomic E-state index is 13.5. The molecule has 6 aliphatic rings. The Labute approximate surface area is 358 Å². The molecule has 3 fully saturated rings. The average Bonchev–Trinajstić information content (AvgIpc) is 3.33. The molecule has 14 heteroatoms. The summed E-state index contributed by atoms with van der Waals surface area (Å²) in [5.74, 6) is -0.00478. The molecular formula is C43H61ClIN5O6S. The number of nitrogens with zero attached hydrogens (tertiary/aromatic N) is 3. The molecule has 5 heterocycles. The number of pyridine rings is 1. The smallest absolute Gasteiger partial charge is 0.283 e. The Morgan fingerprint density at radius 1 is 1.11 bits per heavy atom. The zero-order valence-corrected chi connectivity index (χ0v) is 37.5. The van der Waals surface area contributed by atoms with Gasteiger partial charge in [0.05, 0.1) is 11.9 Å². The van der Waals surface area contributed by atoms with Gasteiger partial charge in [0.1, 0.15) is 5.69 Å². The second-order valence-corrected chi connectivity index (χ2v) is 20.4.